The van der Waals surface area contributed by atoms with Crippen molar-refractivity contribution in [3.8, 4) is 5.75 Å². The predicted molar refractivity (Wildman–Crippen MR) is 83.1 cm³/mol. The number of sulfonamides is 1. The van der Waals surface area contributed by atoms with Crippen molar-refractivity contribution in [3.63, 3.8) is 0 Å². The first-order chi connectivity index (χ1) is 10.4. The molecule has 118 valence electrons. The number of nitrogens with zero attached hydrogens (tertiary/aromatic N) is 1. The number of hydrogen-bond donors (Lipinski definition) is 0. The Morgan fingerprint density at radius 3 is 2.55 bits per heavy atom. The smallest absolute Gasteiger partial charge is 0.246 e. The molecule has 2 rings (SSSR count). The third-order valence-electron chi connectivity index (χ3n) is 3.16. The van der Waals surface area contributed by atoms with Crippen molar-refractivity contribution in [1.82, 2.24) is 4.31 Å². The van der Waals surface area contributed by atoms with Gasteiger partial charge in [0.2, 0.25) is 10.0 Å². The molecule has 0 amide bonds. The van der Waals surface area contributed by atoms with E-state index < -0.39 is 15.8 Å². The van der Waals surface area contributed by atoms with Crippen LogP contribution in [0, 0.1) is 5.82 Å². The van der Waals surface area contributed by atoms with Gasteiger partial charge in [0.25, 0.3) is 0 Å². The second-order valence-corrected chi connectivity index (χ2v) is 7.10. The fraction of sp³-hybridized carbons (Fsp3) is 0.200. The Labute approximate surface area is 134 Å². The molecule has 0 saturated heterocycles. The zero-order valence-corrected chi connectivity index (χ0v) is 13.7. The van der Waals surface area contributed by atoms with E-state index in [1.54, 1.807) is 12.1 Å². The van der Waals surface area contributed by atoms with E-state index in [0.717, 1.165) is 4.31 Å². The molecule has 7 heteroatoms. The lowest BCUT2D eigenvalue weighted by Gasteiger charge is -2.19. The molecule has 0 unspecified atom stereocenters. The molecule has 0 fully saturated rings. The molecule has 0 aliphatic carbocycles. The molecule has 0 heterocycles. The molecule has 0 aliphatic rings. The van der Waals surface area contributed by atoms with Gasteiger partial charge in [-0.15, -0.1) is 0 Å². The van der Waals surface area contributed by atoms with Crippen LogP contribution in [0.1, 0.15) is 5.56 Å². The first kappa shape index (κ1) is 16.7. The molecule has 22 heavy (non-hydrogen) atoms. The summed E-state index contributed by atoms with van der Waals surface area (Å²) in [4.78, 5) is -0.0543. The molecular weight excluding hydrogens is 329 g/mol. The van der Waals surface area contributed by atoms with Gasteiger partial charge < -0.3 is 4.74 Å². The molecule has 0 aliphatic heterocycles. The summed E-state index contributed by atoms with van der Waals surface area (Å²) in [7, 11) is -1.11. The summed E-state index contributed by atoms with van der Waals surface area (Å²) in [6.07, 6.45) is 0. The van der Waals surface area contributed by atoms with E-state index >= 15 is 0 Å². The summed E-state index contributed by atoms with van der Waals surface area (Å²) in [6.45, 7) is -0.0926. The molecule has 0 bridgehead atoms. The van der Waals surface area contributed by atoms with Crippen LogP contribution in [-0.2, 0) is 16.6 Å². The summed E-state index contributed by atoms with van der Waals surface area (Å²) in [5, 5.41) is 0.277. The standard InChI is InChI=1S/C15H15ClFNO3S/c1-18(10-11-5-3-4-6-13(11)17)22(19,20)15-9-12(16)7-8-14(15)21-2/h3-9H,10H2,1-2H3. The molecule has 0 radical (unpaired) electrons. The highest BCUT2D eigenvalue weighted by Crippen LogP contribution is 2.29. The summed E-state index contributed by atoms with van der Waals surface area (Å²) >= 11 is 5.87. The number of halogens is 2. The Kier molecular flexibility index (Phi) is 5.05. The van der Waals surface area contributed by atoms with Gasteiger partial charge in [-0.25, -0.2) is 12.8 Å². The van der Waals surface area contributed by atoms with Gasteiger partial charge in [-0.2, -0.15) is 4.31 Å². The maximum Gasteiger partial charge on any atom is 0.246 e. The van der Waals surface area contributed by atoms with Gasteiger partial charge in [0.1, 0.15) is 16.5 Å². The second-order valence-electron chi connectivity index (χ2n) is 4.65. The van der Waals surface area contributed by atoms with E-state index in [1.165, 1.54) is 44.5 Å². The van der Waals surface area contributed by atoms with Crippen molar-refractivity contribution in [3.05, 3.63) is 58.9 Å². The van der Waals surface area contributed by atoms with Crippen molar-refractivity contribution >= 4 is 21.6 Å². The normalized spacial score (nSPS) is 11.7. The van der Waals surface area contributed by atoms with E-state index in [4.69, 9.17) is 16.3 Å². The van der Waals surface area contributed by atoms with Gasteiger partial charge >= 0.3 is 0 Å². The zero-order valence-electron chi connectivity index (χ0n) is 12.1. The Hall–Kier alpha value is -1.63. The van der Waals surface area contributed by atoms with Gasteiger partial charge in [0, 0.05) is 24.2 Å². The van der Waals surface area contributed by atoms with E-state index in [9.17, 15) is 12.8 Å². The predicted octanol–water partition coefficient (Wildman–Crippen LogP) is 3.31. The number of rotatable bonds is 5. The van der Waals surface area contributed by atoms with Crippen molar-refractivity contribution < 1.29 is 17.5 Å². The minimum atomic E-state index is -3.86. The quantitative estimate of drug-likeness (QED) is 0.836. The highest BCUT2D eigenvalue weighted by atomic mass is 35.5. The van der Waals surface area contributed by atoms with Gasteiger partial charge in [-0.3, -0.25) is 0 Å². The monoisotopic (exact) mass is 343 g/mol. The largest absolute Gasteiger partial charge is 0.495 e. The lowest BCUT2D eigenvalue weighted by molar-refractivity contribution is 0.397. The third-order valence-corrected chi connectivity index (χ3v) is 5.22. The van der Waals surface area contributed by atoms with Crippen LogP contribution in [0.3, 0.4) is 0 Å². The summed E-state index contributed by atoms with van der Waals surface area (Å²) < 4.78 is 45.1. The molecule has 2 aromatic rings. The minimum absolute atomic E-state index is 0.0543. The molecule has 4 nitrogen and oxygen atoms in total. The Morgan fingerprint density at radius 2 is 1.91 bits per heavy atom. The van der Waals surface area contributed by atoms with Crippen LogP contribution < -0.4 is 4.74 Å². The lowest BCUT2D eigenvalue weighted by Crippen LogP contribution is -2.27. The molecular formula is C15H15ClFNO3S. The van der Waals surface area contributed by atoms with Crippen LogP contribution in [0.5, 0.6) is 5.75 Å². The number of benzene rings is 2. The molecule has 0 atom stereocenters. The van der Waals surface area contributed by atoms with Crippen LogP contribution >= 0.6 is 11.6 Å². The van der Waals surface area contributed by atoms with Crippen LogP contribution in [0.15, 0.2) is 47.4 Å². The van der Waals surface area contributed by atoms with E-state index in [2.05, 4.69) is 0 Å². The summed E-state index contributed by atoms with van der Waals surface area (Å²) in [5.74, 6) is -0.271. The third kappa shape index (κ3) is 3.40. The van der Waals surface area contributed by atoms with E-state index in [0.29, 0.717) is 0 Å². The zero-order chi connectivity index (χ0) is 16.3. The van der Waals surface area contributed by atoms with Crippen LogP contribution in [0.4, 0.5) is 4.39 Å². The van der Waals surface area contributed by atoms with Gasteiger partial charge in [-0.1, -0.05) is 29.8 Å². The van der Waals surface area contributed by atoms with Crippen LogP contribution in [0.2, 0.25) is 5.02 Å². The van der Waals surface area contributed by atoms with Crippen molar-refractivity contribution in [2.45, 2.75) is 11.4 Å². The van der Waals surface area contributed by atoms with Gasteiger partial charge in [-0.05, 0) is 24.3 Å². The van der Waals surface area contributed by atoms with Gasteiger partial charge in [0.05, 0.1) is 7.11 Å². The molecule has 0 spiro atoms. The van der Waals surface area contributed by atoms with Crippen molar-refractivity contribution in [2.75, 3.05) is 14.2 Å². The Morgan fingerprint density at radius 1 is 1.23 bits per heavy atom. The lowest BCUT2D eigenvalue weighted by atomic mass is 10.2. The van der Waals surface area contributed by atoms with Gasteiger partial charge in [0.15, 0.2) is 0 Å². The maximum absolute atomic E-state index is 13.7. The fourth-order valence-corrected chi connectivity index (χ4v) is 3.53. The fourth-order valence-electron chi connectivity index (χ4n) is 1.97. The van der Waals surface area contributed by atoms with Crippen LogP contribution in [0.25, 0.3) is 0 Å². The SMILES string of the molecule is COc1ccc(Cl)cc1S(=O)(=O)N(C)Cc1ccccc1F. The topological polar surface area (TPSA) is 46.6 Å². The highest BCUT2D eigenvalue weighted by Gasteiger charge is 2.25. The van der Waals surface area contributed by atoms with Crippen molar-refractivity contribution in [2.24, 2.45) is 0 Å². The van der Waals surface area contributed by atoms with E-state index in [-0.39, 0.29) is 27.8 Å². The summed E-state index contributed by atoms with van der Waals surface area (Å²) in [6, 6.07) is 10.4. The maximum atomic E-state index is 13.7. The number of hydrogen-bond acceptors (Lipinski definition) is 3. The summed E-state index contributed by atoms with van der Waals surface area (Å²) in [5.41, 5.74) is 0.287. The number of methoxy groups -OCH3 is 1. The average Bonchev–Trinajstić information content (AvgIpc) is 2.49. The molecule has 2 aromatic carbocycles. The molecule has 0 aromatic heterocycles. The molecule has 0 saturated carbocycles. The average molecular weight is 344 g/mol. The number of ether oxygens (including phenoxy) is 1. The van der Waals surface area contributed by atoms with Crippen molar-refractivity contribution in [1.29, 1.82) is 0 Å². The first-order valence-corrected chi connectivity index (χ1v) is 8.21. The first-order valence-electron chi connectivity index (χ1n) is 6.39. The highest BCUT2D eigenvalue weighted by molar-refractivity contribution is 7.89. The Balaban J connectivity index is 2.38. The minimum Gasteiger partial charge on any atom is -0.495 e. The Bertz CT molecular complexity index is 780. The molecule has 0 N–H and O–H groups in total. The second kappa shape index (κ2) is 6.64. The van der Waals surface area contributed by atoms with E-state index in [1.807, 2.05) is 0 Å². The van der Waals surface area contributed by atoms with Crippen LogP contribution in [-0.4, -0.2) is 26.9 Å².